The predicted molar refractivity (Wildman–Crippen MR) is 126 cm³/mol. The maximum atomic E-state index is 12.6. The number of aliphatic imine (C=N–C) groups is 1. The maximum Gasteiger partial charge on any atom is 0.243 e. The molecule has 2 aromatic rings. The molecule has 0 aliphatic rings. The highest BCUT2D eigenvalue weighted by atomic mass is 32.2. The molecular weight excluding hydrogens is 412 g/mol. The van der Waals surface area contributed by atoms with Gasteiger partial charge in [-0.2, -0.15) is 4.31 Å². The SMILES string of the molecule is CCNC(=NCc1ccc(S(=O)(=O)N(C)C(C)C)cc1)NCCc1ccc(OC)cc1. The zero-order valence-corrected chi connectivity index (χ0v) is 19.9. The summed E-state index contributed by atoms with van der Waals surface area (Å²) in [7, 11) is -0.218. The molecule has 0 bridgehead atoms. The molecule has 2 N–H and O–H groups in total. The summed E-state index contributed by atoms with van der Waals surface area (Å²) in [6, 6.07) is 14.8. The highest BCUT2D eigenvalue weighted by Gasteiger charge is 2.22. The van der Waals surface area contributed by atoms with Crippen molar-refractivity contribution >= 4 is 16.0 Å². The van der Waals surface area contributed by atoms with Crippen molar-refractivity contribution in [2.45, 2.75) is 44.7 Å². The van der Waals surface area contributed by atoms with Crippen molar-refractivity contribution in [1.29, 1.82) is 0 Å². The fraction of sp³-hybridized carbons (Fsp3) is 0.435. The molecule has 31 heavy (non-hydrogen) atoms. The van der Waals surface area contributed by atoms with Crippen LogP contribution in [0.5, 0.6) is 5.75 Å². The monoisotopic (exact) mass is 446 g/mol. The molecule has 0 atom stereocenters. The van der Waals surface area contributed by atoms with Crippen LogP contribution >= 0.6 is 0 Å². The van der Waals surface area contributed by atoms with Gasteiger partial charge in [0.25, 0.3) is 0 Å². The second-order valence-electron chi connectivity index (χ2n) is 7.48. The van der Waals surface area contributed by atoms with Crippen LogP contribution in [0, 0.1) is 0 Å². The molecule has 0 spiro atoms. The summed E-state index contributed by atoms with van der Waals surface area (Å²) in [5, 5.41) is 6.57. The first kappa shape index (κ1) is 24.7. The van der Waals surface area contributed by atoms with Crippen molar-refractivity contribution in [3.8, 4) is 5.75 Å². The Morgan fingerprint density at radius 2 is 1.65 bits per heavy atom. The van der Waals surface area contributed by atoms with Gasteiger partial charge in [0.1, 0.15) is 5.75 Å². The third kappa shape index (κ3) is 7.25. The highest BCUT2D eigenvalue weighted by Crippen LogP contribution is 2.17. The molecule has 8 heteroatoms. The lowest BCUT2D eigenvalue weighted by molar-refractivity contribution is 0.410. The van der Waals surface area contributed by atoms with Crippen molar-refractivity contribution in [1.82, 2.24) is 14.9 Å². The molecule has 0 saturated carbocycles. The molecular formula is C23H34N4O3S. The van der Waals surface area contributed by atoms with Crippen molar-refractivity contribution < 1.29 is 13.2 Å². The van der Waals surface area contributed by atoms with Gasteiger partial charge in [-0.15, -0.1) is 0 Å². The fourth-order valence-electron chi connectivity index (χ4n) is 2.84. The van der Waals surface area contributed by atoms with Crippen LogP contribution < -0.4 is 15.4 Å². The molecule has 0 amide bonds. The Bertz CT molecular complexity index is 940. The summed E-state index contributed by atoms with van der Waals surface area (Å²) in [5.74, 6) is 1.58. The van der Waals surface area contributed by atoms with Crippen LogP contribution in [0.4, 0.5) is 0 Å². The normalized spacial score (nSPS) is 12.3. The Morgan fingerprint density at radius 1 is 1.03 bits per heavy atom. The number of sulfonamides is 1. The average Bonchev–Trinajstić information content (AvgIpc) is 2.77. The second-order valence-corrected chi connectivity index (χ2v) is 9.48. The van der Waals surface area contributed by atoms with Crippen LogP contribution in [-0.4, -0.2) is 52.0 Å². The zero-order valence-electron chi connectivity index (χ0n) is 19.1. The Kier molecular flexibility index (Phi) is 9.33. The van der Waals surface area contributed by atoms with Gasteiger partial charge in [0.15, 0.2) is 5.96 Å². The lowest BCUT2D eigenvalue weighted by Gasteiger charge is -2.21. The van der Waals surface area contributed by atoms with Crippen molar-refractivity contribution in [3.05, 3.63) is 59.7 Å². The van der Waals surface area contributed by atoms with Crippen LogP contribution in [0.3, 0.4) is 0 Å². The highest BCUT2D eigenvalue weighted by molar-refractivity contribution is 7.89. The van der Waals surface area contributed by atoms with E-state index in [4.69, 9.17) is 4.74 Å². The van der Waals surface area contributed by atoms with E-state index in [2.05, 4.69) is 27.8 Å². The van der Waals surface area contributed by atoms with Gasteiger partial charge in [0, 0.05) is 26.2 Å². The molecule has 0 aliphatic heterocycles. The van der Waals surface area contributed by atoms with E-state index >= 15 is 0 Å². The summed E-state index contributed by atoms with van der Waals surface area (Å²) in [6.45, 7) is 7.68. The van der Waals surface area contributed by atoms with Crippen LogP contribution in [0.1, 0.15) is 31.9 Å². The van der Waals surface area contributed by atoms with Gasteiger partial charge in [-0.05, 0) is 62.6 Å². The molecule has 0 aromatic heterocycles. The van der Waals surface area contributed by atoms with E-state index in [0.717, 1.165) is 36.8 Å². The fourth-order valence-corrected chi connectivity index (χ4v) is 4.21. The quantitative estimate of drug-likeness (QED) is 0.433. The minimum atomic E-state index is -3.47. The Labute approximate surface area is 186 Å². The van der Waals surface area contributed by atoms with Gasteiger partial charge in [-0.1, -0.05) is 24.3 Å². The minimum absolute atomic E-state index is 0.0963. The number of rotatable bonds is 10. The predicted octanol–water partition coefficient (Wildman–Crippen LogP) is 3.02. The van der Waals surface area contributed by atoms with Gasteiger partial charge >= 0.3 is 0 Å². The lowest BCUT2D eigenvalue weighted by atomic mass is 10.1. The van der Waals surface area contributed by atoms with Crippen LogP contribution in [0.15, 0.2) is 58.4 Å². The van der Waals surface area contributed by atoms with Gasteiger partial charge in [0.05, 0.1) is 18.6 Å². The van der Waals surface area contributed by atoms with E-state index < -0.39 is 10.0 Å². The molecule has 0 fully saturated rings. The zero-order chi connectivity index (χ0) is 22.9. The first-order valence-corrected chi connectivity index (χ1v) is 11.9. The standard InChI is InChI=1S/C23H34N4O3S/c1-6-24-23(25-16-15-19-7-11-21(30-5)12-8-19)26-17-20-9-13-22(14-10-20)31(28,29)27(4)18(2)3/h7-14,18H,6,15-17H2,1-5H3,(H2,24,25,26). The lowest BCUT2D eigenvalue weighted by Crippen LogP contribution is -2.38. The van der Waals surface area contributed by atoms with Crippen LogP contribution in [-0.2, 0) is 23.0 Å². The number of hydrogen-bond donors (Lipinski definition) is 2. The third-order valence-electron chi connectivity index (χ3n) is 4.96. The largest absolute Gasteiger partial charge is 0.497 e. The van der Waals surface area contributed by atoms with E-state index in [-0.39, 0.29) is 6.04 Å². The van der Waals surface area contributed by atoms with Crippen LogP contribution in [0.2, 0.25) is 0 Å². The average molecular weight is 447 g/mol. The second kappa shape index (κ2) is 11.7. The minimum Gasteiger partial charge on any atom is -0.497 e. The maximum absolute atomic E-state index is 12.6. The van der Waals surface area contributed by atoms with Gasteiger partial charge < -0.3 is 15.4 Å². The number of ether oxygens (including phenoxy) is 1. The first-order chi connectivity index (χ1) is 14.8. The summed E-state index contributed by atoms with van der Waals surface area (Å²) in [4.78, 5) is 4.90. The summed E-state index contributed by atoms with van der Waals surface area (Å²) in [6.07, 6.45) is 0.865. The number of nitrogens with zero attached hydrogens (tertiary/aromatic N) is 2. The van der Waals surface area contributed by atoms with E-state index in [9.17, 15) is 8.42 Å². The molecule has 0 radical (unpaired) electrons. The Morgan fingerprint density at radius 3 is 2.19 bits per heavy atom. The molecule has 0 heterocycles. The molecule has 7 nitrogen and oxygen atoms in total. The molecule has 0 saturated heterocycles. The Balaban J connectivity index is 1.96. The van der Waals surface area contributed by atoms with E-state index in [1.165, 1.54) is 9.87 Å². The topological polar surface area (TPSA) is 83.0 Å². The summed E-state index contributed by atoms with van der Waals surface area (Å²) >= 11 is 0. The molecule has 2 aromatic carbocycles. The molecule has 0 aliphatic carbocycles. The van der Waals surface area contributed by atoms with E-state index in [1.807, 2.05) is 45.0 Å². The van der Waals surface area contributed by atoms with Crippen LogP contribution in [0.25, 0.3) is 0 Å². The van der Waals surface area contributed by atoms with Crippen molar-refractivity contribution in [2.75, 3.05) is 27.2 Å². The van der Waals surface area contributed by atoms with E-state index in [1.54, 1.807) is 26.3 Å². The first-order valence-electron chi connectivity index (χ1n) is 10.5. The summed E-state index contributed by atoms with van der Waals surface area (Å²) < 4.78 is 31.7. The number of hydrogen-bond acceptors (Lipinski definition) is 4. The molecule has 170 valence electrons. The number of benzene rings is 2. The number of methoxy groups -OCH3 is 1. The van der Waals surface area contributed by atoms with Gasteiger partial charge in [-0.25, -0.2) is 13.4 Å². The van der Waals surface area contributed by atoms with Crippen molar-refractivity contribution in [2.24, 2.45) is 4.99 Å². The van der Waals surface area contributed by atoms with E-state index in [0.29, 0.717) is 11.4 Å². The van der Waals surface area contributed by atoms with Gasteiger partial charge in [-0.3, -0.25) is 0 Å². The Hall–Kier alpha value is -2.58. The number of guanidine groups is 1. The van der Waals surface area contributed by atoms with Crippen molar-refractivity contribution in [3.63, 3.8) is 0 Å². The molecule has 2 rings (SSSR count). The number of nitrogens with one attached hydrogen (secondary N) is 2. The third-order valence-corrected chi connectivity index (χ3v) is 7.00. The molecule has 0 unspecified atom stereocenters. The summed E-state index contributed by atoms with van der Waals surface area (Å²) in [5.41, 5.74) is 2.16. The smallest absolute Gasteiger partial charge is 0.243 e. The van der Waals surface area contributed by atoms with Gasteiger partial charge in [0.2, 0.25) is 10.0 Å².